The number of carbonyl (C=O) groups is 1. The number of Topliss-reactive ketones (excluding diaryl/α,β-unsaturated/α-hetero) is 1. The molecule has 0 spiro atoms. The highest BCUT2D eigenvalue weighted by atomic mass is 16.5. The Morgan fingerprint density at radius 2 is 1.85 bits per heavy atom. The summed E-state index contributed by atoms with van der Waals surface area (Å²) < 4.78 is 5.30. The molecule has 3 heteroatoms. The maximum Gasteiger partial charge on any atom is 0.164 e. The lowest BCUT2D eigenvalue weighted by atomic mass is 9.99. The number of ether oxygens (including phenoxy) is 1. The second-order valence-electron chi connectivity index (χ2n) is 5.71. The smallest absolute Gasteiger partial charge is 0.164 e. The molecule has 3 nitrogen and oxygen atoms in total. The average molecular weight is 275 g/mol. The minimum atomic E-state index is 0.249. The Hall–Kier alpha value is -1.35. The van der Waals surface area contributed by atoms with Crippen molar-refractivity contribution in [2.45, 2.75) is 39.5 Å². The molecule has 0 amide bonds. The van der Waals surface area contributed by atoms with Gasteiger partial charge in [-0.1, -0.05) is 6.42 Å². The largest absolute Gasteiger partial charge is 0.496 e. The highest BCUT2D eigenvalue weighted by molar-refractivity contribution is 5.98. The van der Waals surface area contributed by atoms with Crippen molar-refractivity contribution >= 4 is 5.78 Å². The molecule has 0 aliphatic carbocycles. The van der Waals surface area contributed by atoms with Gasteiger partial charge in [-0.15, -0.1) is 0 Å². The summed E-state index contributed by atoms with van der Waals surface area (Å²) in [4.78, 5) is 14.8. The third-order valence-electron chi connectivity index (χ3n) is 4.15. The molecule has 1 aromatic rings. The Bertz CT molecular complexity index is 476. The monoisotopic (exact) mass is 275 g/mol. The second-order valence-corrected chi connectivity index (χ2v) is 5.71. The van der Waals surface area contributed by atoms with E-state index in [9.17, 15) is 4.79 Å². The number of methoxy groups -OCH3 is 1. The van der Waals surface area contributed by atoms with E-state index in [0.29, 0.717) is 6.42 Å². The van der Waals surface area contributed by atoms with Crippen LogP contribution in [0.5, 0.6) is 5.75 Å². The summed E-state index contributed by atoms with van der Waals surface area (Å²) in [6, 6.07) is 3.93. The fraction of sp³-hybridized carbons (Fsp3) is 0.588. The van der Waals surface area contributed by atoms with Crippen LogP contribution in [0.3, 0.4) is 0 Å². The Labute approximate surface area is 121 Å². The van der Waals surface area contributed by atoms with Gasteiger partial charge >= 0.3 is 0 Å². The van der Waals surface area contributed by atoms with Crippen LogP contribution >= 0.6 is 0 Å². The van der Waals surface area contributed by atoms with Crippen LogP contribution in [-0.2, 0) is 0 Å². The van der Waals surface area contributed by atoms with Gasteiger partial charge in [0.1, 0.15) is 5.75 Å². The molecule has 1 aromatic carbocycles. The molecule has 2 rings (SSSR count). The Balaban J connectivity index is 1.99. The van der Waals surface area contributed by atoms with E-state index in [0.717, 1.165) is 42.1 Å². The van der Waals surface area contributed by atoms with Gasteiger partial charge in [0.2, 0.25) is 0 Å². The van der Waals surface area contributed by atoms with Crippen molar-refractivity contribution in [1.82, 2.24) is 4.90 Å². The van der Waals surface area contributed by atoms with Gasteiger partial charge in [0.25, 0.3) is 0 Å². The van der Waals surface area contributed by atoms with Gasteiger partial charge in [-0.2, -0.15) is 0 Å². The van der Waals surface area contributed by atoms with Crippen LogP contribution in [0.25, 0.3) is 0 Å². The van der Waals surface area contributed by atoms with Gasteiger partial charge in [-0.25, -0.2) is 0 Å². The molecule has 0 bridgehead atoms. The molecule has 0 saturated carbocycles. The lowest BCUT2D eigenvalue weighted by Gasteiger charge is -2.26. The highest BCUT2D eigenvalue weighted by Gasteiger charge is 2.15. The van der Waals surface area contributed by atoms with E-state index in [1.807, 2.05) is 26.0 Å². The predicted octanol–water partition coefficient (Wildman–Crippen LogP) is 3.37. The topological polar surface area (TPSA) is 29.5 Å². The molecule has 1 aliphatic rings. The summed E-state index contributed by atoms with van der Waals surface area (Å²) in [6.07, 6.45) is 4.50. The number of piperidine rings is 1. The second kappa shape index (κ2) is 6.89. The fourth-order valence-electron chi connectivity index (χ4n) is 2.89. The first-order valence-corrected chi connectivity index (χ1v) is 7.52. The summed E-state index contributed by atoms with van der Waals surface area (Å²) >= 11 is 0. The van der Waals surface area contributed by atoms with Crippen molar-refractivity contribution in [1.29, 1.82) is 0 Å². The molecule has 0 N–H and O–H groups in total. The van der Waals surface area contributed by atoms with Crippen LogP contribution in [-0.4, -0.2) is 37.4 Å². The van der Waals surface area contributed by atoms with Crippen molar-refractivity contribution in [2.24, 2.45) is 0 Å². The number of benzene rings is 1. The first-order valence-electron chi connectivity index (χ1n) is 7.52. The Kier molecular flexibility index (Phi) is 5.18. The maximum absolute atomic E-state index is 12.4. The van der Waals surface area contributed by atoms with Gasteiger partial charge in [0.15, 0.2) is 5.78 Å². The summed E-state index contributed by atoms with van der Waals surface area (Å²) in [7, 11) is 1.67. The number of likely N-dealkylation sites (tertiary alicyclic amines) is 1. The maximum atomic E-state index is 12.4. The van der Waals surface area contributed by atoms with E-state index >= 15 is 0 Å². The summed E-state index contributed by atoms with van der Waals surface area (Å²) in [5.74, 6) is 1.11. The predicted molar refractivity (Wildman–Crippen MR) is 81.7 cm³/mol. The van der Waals surface area contributed by atoms with Crippen molar-refractivity contribution in [3.63, 3.8) is 0 Å². The molecule has 0 radical (unpaired) electrons. The third-order valence-corrected chi connectivity index (χ3v) is 4.15. The average Bonchev–Trinajstić information content (AvgIpc) is 2.47. The first kappa shape index (κ1) is 15.0. The van der Waals surface area contributed by atoms with Crippen molar-refractivity contribution in [2.75, 3.05) is 26.7 Å². The van der Waals surface area contributed by atoms with Crippen molar-refractivity contribution in [3.05, 3.63) is 28.8 Å². The zero-order valence-electron chi connectivity index (χ0n) is 12.9. The summed E-state index contributed by atoms with van der Waals surface area (Å²) in [5, 5.41) is 0. The van der Waals surface area contributed by atoms with Gasteiger partial charge in [-0.05, 0) is 63.0 Å². The third kappa shape index (κ3) is 3.60. The van der Waals surface area contributed by atoms with E-state index in [4.69, 9.17) is 4.74 Å². The molecule has 1 heterocycles. The van der Waals surface area contributed by atoms with E-state index in [1.54, 1.807) is 7.11 Å². The number of nitrogens with zero attached hydrogens (tertiary/aromatic N) is 1. The van der Waals surface area contributed by atoms with Crippen molar-refractivity contribution < 1.29 is 9.53 Å². The number of hydrogen-bond donors (Lipinski definition) is 0. The summed E-state index contributed by atoms with van der Waals surface area (Å²) in [5.41, 5.74) is 2.89. The highest BCUT2D eigenvalue weighted by Crippen LogP contribution is 2.23. The van der Waals surface area contributed by atoms with E-state index in [2.05, 4.69) is 4.90 Å². The molecule has 1 saturated heterocycles. The Morgan fingerprint density at radius 1 is 1.15 bits per heavy atom. The lowest BCUT2D eigenvalue weighted by Crippen LogP contribution is -2.31. The van der Waals surface area contributed by atoms with Gasteiger partial charge < -0.3 is 9.64 Å². The Morgan fingerprint density at radius 3 is 2.50 bits per heavy atom. The van der Waals surface area contributed by atoms with Crippen LogP contribution in [0.15, 0.2) is 12.1 Å². The van der Waals surface area contributed by atoms with Crippen LogP contribution in [0.4, 0.5) is 0 Å². The molecule has 0 unspecified atom stereocenters. The molecular weight excluding hydrogens is 250 g/mol. The van der Waals surface area contributed by atoms with Gasteiger partial charge in [0, 0.05) is 18.5 Å². The minimum Gasteiger partial charge on any atom is -0.496 e. The van der Waals surface area contributed by atoms with Crippen LogP contribution < -0.4 is 4.74 Å². The van der Waals surface area contributed by atoms with Crippen LogP contribution in [0.1, 0.15) is 47.2 Å². The molecule has 1 aliphatic heterocycles. The van der Waals surface area contributed by atoms with Crippen molar-refractivity contribution in [3.8, 4) is 5.75 Å². The molecule has 0 aromatic heterocycles. The minimum absolute atomic E-state index is 0.249. The number of ketones is 1. The quantitative estimate of drug-likeness (QED) is 0.772. The molecule has 20 heavy (non-hydrogen) atoms. The zero-order chi connectivity index (χ0) is 14.5. The SMILES string of the molecule is COc1cc(C)c(C(=O)CCN2CCCCC2)cc1C. The lowest BCUT2D eigenvalue weighted by molar-refractivity contribution is 0.0958. The van der Waals surface area contributed by atoms with Gasteiger partial charge in [-0.3, -0.25) is 4.79 Å². The van der Waals surface area contributed by atoms with Crippen LogP contribution in [0.2, 0.25) is 0 Å². The van der Waals surface area contributed by atoms with E-state index < -0.39 is 0 Å². The summed E-state index contributed by atoms with van der Waals surface area (Å²) in [6.45, 7) is 7.15. The fourth-order valence-corrected chi connectivity index (χ4v) is 2.89. The standard InChI is InChI=1S/C17H25NO2/c1-13-12-17(20-3)14(2)11-15(13)16(19)7-10-18-8-5-4-6-9-18/h11-12H,4-10H2,1-3H3. The molecule has 110 valence electrons. The van der Waals surface area contributed by atoms with Gasteiger partial charge in [0.05, 0.1) is 7.11 Å². The molecular formula is C17H25NO2. The normalized spacial score (nSPS) is 16.1. The van der Waals surface area contributed by atoms with E-state index in [1.165, 1.54) is 19.3 Å². The van der Waals surface area contributed by atoms with E-state index in [-0.39, 0.29) is 5.78 Å². The number of aryl methyl sites for hydroxylation is 2. The number of hydrogen-bond acceptors (Lipinski definition) is 3. The number of rotatable bonds is 5. The molecule has 1 fully saturated rings. The number of carbonyl (C=O) groups excluding carboxylic acids is 1. The van der Waals surface area contributed by atoms with Crippen LogP contribution in [0, 0.1) is 13.8 Å². The first-order chi connectivity index (χ1) is 9.61. The zero-order valence-corrected chi connectivity index (χ0v) is 12.9. The molecule has 0 atom stereocenters.